The number of aliphatic carboxylic acids is 1. The first kappa shape index (κ1) is 10.8. The molecule has 0 radical (unpaired) electrons. The molecule has 0 saturated carbocycles. The molecule has 0 fully saturated rings. The summed E-state index contributed by atoms with van der Waals surface area (Å²) in [6.07, 6.45) is 1.64. The Morgan fingerprint density at radius 1 is 1.64 bits per heavy atom. The highest BCUT2D eigenvalue weighted by Crippen LogP contribution is 2.32. The van der Waals surface area contributed by atoms with Crippen molar-refractivity contribution in [2.45, 2.75) is 5.25 Å². The van der Waals surface area contributed by atoms with E-state index >= 15 is 0 Å². The highest BCUT2D eigenvalue weighted by molar-refractivity contribution is 7.99. The summed E-state index contributed by atoms with van der Waals surface area (Å²) in [6, 6.07) is 4.18. The molecule has 3 nitrogen and oxygen atoms in total. The van der Waals surface area contributed by atoms with Crippen LogP contribution in [0.25, 0.3) is 0 Å². The van der Waals surface area contributed by atoms with Gasteiger partial charge in [0, 0.05) is 5.56 Å². The van der Waals surface area contributed by atoms with Gasteiger partial charge in [-0.3, -0.25) is 4.79 Å². The van der Waals surface area contributed by atoms with Crippen LogP contribution in [0.4, 0.5) is 10.1 Å². The number of nitrogens with two attached hydrogens (primary N) is 1. The van der Waals surface area contributed by atoms with Crippen LogP contribution in [0.2, 0.25) is 0 Å². The van der Waals surface area contributed by atoms with Crippen LogP contribution in [0, 0.1) is 5.82 Å². The number of para-hydroxylation sites is 1. The van der Waals surface area contributed by atoms with E-state index in [0.717, 1.165) is 11.8 Å². The summed E-state index contributed by atoms with van der Waals surface area (Å²) in [4.78, 5) is 10.8. The Kier molecular flexibility index (Phi) is 3.35. The number of thioether (sulfide) groups is 1. The molecule has 76 valence electrons. The number of nitrogen functional groups attached to an aromatic ring is 1. The molecule has 1 unspecified atom stereocenters. The predicted molar refractivity (Wildman–Crippen MR) is 54.7 cm³/mol. The molecule has 0 bridgehead atoms. The number of carboxylic acid groups (broad SMARTS) is 1. The number of hydrogen-bond acceptors (Lipinski definition) is 3. The third kappa shape index (κ3) is 1.98. The van der Waals surface area contributed by atoms with Gasteiger partial charge in [0.1, 0.15) is 11.1 Å². The van der Waals surface area contributed by atoms with Gasteiger partial charge in [0.15, 0.2) is 0 Å². The molecule has 5 heteroatoms. The Morgan fingerprint density at radius 3 is 2.79 bits per heavy atom. The van der Waals surface area contributed by atoms with E-state index in [4.69, 9.17) is 10.8 Å². The summed E-state index contributed by atoms with van der Waals surface area (Å²) in [6.45, 7) is 0. The average Bonchev–Trinajstić information content (AvgIpc) is 2.13. The van der Waals surface area contributed by atoms with Crippen LogP contribution in [0.15, 0.2) is 18.2 Å². The maximum Gasteiger partial charge on any atom is 0.321 e. The van der Waals surface area contributed by atoms with Crippen LogP contribution in [0.3, 0.4) is 0 Å². The van der Waals surface area contributed by atoms with Gasteiger partial charge in [-0.25, -0.2) is 4.39 Å². The fraction of sp³-hybridized carbons (Fsp3) is 0.222. The Balaban J connectivity index is 3.16. The molecule has 0 aromatic heterocycles. The maximum atomic E-state index is 13.0. The van der Waals surface area contributed by atoms with Crippen LogP contribution in [0.5, 0.6) is 0 Å². The zero-order chi connectivity index (χ0) is 10.7. The largest absolute Gasteiger partial charge is 0.480 e. The van der Waals surface area contributed by atoms with E-state index in [1.807, 2.05) is 0 Å². The molecule has 1 atom stereocenters. The van der Waals surface area contributed by atoms with Crippen molar-refractivity contribution in [3.8, 4) is 0 Å². The Labute approximate surface area is 85.1 Å². The fourth-order valence-corrected chi connectivity index (χ4v) is 1.80. The second kappa shape index (κ2) is 4.32. The van der Waals surface area contributed by atoms with Crippen LogP contribution in [0.1, 0.15) is 10.8 Å². The minimum absolute atomic E-state index is 0.0887. The van der Waals surface area contributed by atoms with E-state index in [9.17, 15) is 9.18 Å². The number of rotatable bonds is 3. The van der Waals surface area contributed by atoms with Crippen molar-refractivity contribution in [1.29, 1.82) is 0 Å². The summed E-state index contributed by atoms with van der Waals surface area (Å²) < 4.78 is 13.0. The van der Waals surface area contributed by atoms with E-state index in [1.54, 1.807) is 6.26 Å². The molecule has 0 spiro atoms. The van der Waals surface area contributed by atoms with E-state index in [2.05, 4.69) is 0 Å². The second-order valence-corrected chi connectivity index (χ2v) is 3.64. The van der Waals surface area contributed by atoms with Gasteiger partial charge in [0.2, 0.25) is 0 Å². The highest BCUT2D eigenvalue weighted by Gasteiger charge is 2.21. The first-order chi connectivity index (χ1) is 6.57. The molecular weight excluding hydrogens is 205 g/mol. The lowest BCUT2D eigenvalue weighted by atomic mass is 10.1. The lowest BCUT2D eigenvalue weighted by Crippen LogP contribution is -2.10. The standard InChI is InChI=1S/C9H10FNO2S/c1-14-8(9(12)13)5-3-2-4-6(10)7(5)11/h2-4,8H,11H2,1H3,(H,12,13). The molecule has 0 aliphatic heterocycles. The third-order valence-corrected chi connectivity index (χ3v) is 2.76. The normalized spacial score (nSPS) is 12.4. The van der Waals surface area contributed by atoms with Gasteiger partial charge >= 0.3 is 5.97 Å². The van der Waals surface area contributed by atoms with Gasteiger partial charge in [0.25, 0.3) is 0 Å². The molecule has 3 N–H and O–H groups in total. The molecule has 1 rings (SSSR count). The second-order valence-electron chi connectivity index (χ2n) is 2.70. The van der Waals surface area contributed by atoms with Crippen LogP contribution in [-0.2, 0) is 4.79 Å². The quantitative estimate of drug-likeness (QED) is 0.756. The van der Waals surface area contributed by atoms with E-state index in [0.29, 0.717) is 5.56 Å². The Bertz CT molecular complexity index is 357. The lowest BCUT2D eigenvalue weighted by molar-refractivity contribution is -0.136. The molecule has 1 aromatic carbocycles. The lowest BCUT2D eigenvalue weighted by Gasteiger charge is -2.12. The zero-order valence-electron chi connectivity index (χ0n) is 7.53. The van der Waals surface area contributed by atoms with Crippen LogP contribution < -0.4 is 5.73 Å². The van der Waals surface area contributed by atoms with Crippen LogP contribution in [-0.4, -0.2) is 17.3 Å². The highest BCUT2D eigenvalue weighted by atomic mass is 32.2. The number of carbonyl (C=O) groups is 1. The van der Waals surface area contributed by atoms with Gasteiger partial charge in [-0.05, 0) is 12.3 Å². The van der Waals surface area contributed by atoms with Gasteiger partial charge in [-0.1, -0.05) is 12.1 Å². The van der Waals surface area contributed by atoms with E-state index < -0.39 is 17.0 Å². The summed E-state index contributed by atoms with van der Waals surface area (Å²) in [5, 5.41) is 8.03. The molecular formula is C9H10FNO2S. The van der Waals surface area contributed by atoms with E-state index in [1.165, 1.54) is 18.2 Å². The minimum atomic E-state index is -1.02. The first-order valence-corrected chi connectivity index (χ1v) is 5.16. The molecule has 0 heterocycles. The number of anilines is 1. The summed E-state index contributed by atoms with van der Waals surface area (Å²) in [5.41, 5.74) is 5.67. The number of benzene rings is 1. The van der Waals surface area contributed by atoms with Crippen molar-refractivity contribution in [1.82, 2.24) is 0 Å². The third-order valence-electron chi connectivity index (χ3n) is 1.83. The number of halogens is 1. The van der Waals surface area contributed by atoms with Crippen molar-refractivity contribution in [2.24, 2.45) is 0 Å². The van der Waals surface area contributed by atoms with Crippen molar-refractivity contribution < 1.29 is 14.3 Å². The molecule has 14 heavy (non-hydrogen) atoms. The van der Waals surface area contributed by atoms with Gasteiger partial charge in [0.05, 0.1) is 5.69 Å². The first-order valence-electron chi connectivity index (χ1n) is 3.87. The monoisotopic (exact) mass is 215 g/mol. The molecule has 0 amide bonds. The van der Waals surface area contributed by atoms with Gasteiger partial charge in [-0.15, -0.1) is 11.8 Å². The van der Waals surface area contributed by atoms with Gasteiger partial charge in [-0.2, -0.15) is 0 Å². The van der Waals surface area contributed by atoms with Crippen LogP contribution >= 0.6 is 11.8 Å². The summed E-state index contributed by atoms with van der Waals surface area (Å²) in [5.74, 6) is -1.60. The van der Waals surface area contributed by atoms with E-state index in [-0.39, 0.29) is 5.69 Å². The zero-order valence-corrected chi connectivity index (χ0v) is 8.34. The fourth-order valence-electron chi connectivity index (χ4n) is 1.14. The van der Waals surface area contributed by atoms with Crippen molar-refractivity contribution >= 4 is 23.4 Å². The topological polar surface area (TPSA) is 63.3 Å². The molecule has 0 aliphatic carbocycles. The SMILES string of the molecule is CSC(C(=O)O)c1cccc(F)c1N. The summed E-state index contributed by atoms with van der Waals surface area (Å²) >= 11 is 1.11. The molecule has 0 saturated heterocycles. The average molecular weight is 215 g/mol. The van der Waals surface area contributed by atoms with Crippen molar-refractivity contribution in [3.63, 3.8) is 0 Å². The van der Waals surface area contributed by atoms with Crippen molar-refractivity contribution in [2.75, 3.05) is 12.0 Å². The Hall–Kier alpha value is -1.23. The number of hydrogen-bond donors (Lipinski definition) is 2. The molecule has 1 aromatic rings. The number of carboxylic acids is 1. The predicted octanol–water partition coefficient (Wildman–Crippen LogP) is 1.90. The molecule has 0 aliphatic rings. The van der Waals surface area contributed by atoms with Crippen molar-refractivity contribution in [3.05, 3.63) is 29.6 Å². The smallest absolute Gasteiger partial charge is 0.321 e. The Morgan fingerprint density at radius 2 is 2.29 bits per heavy atom. The summed E-state index contributed by atoms with van der Waals surface area (Å²) in [7, 11) is 0. The maximum absolute atomic E-state index is 13.0. The van der Waals surface area contributed by atoms with Gasteiger partial charge < -0.3 is 10.8 Å². The minimum Gasteiger partial charge on any atom is -0.480 e.